The molecule has 0 saturated carbocycles. The van der Waals surface area contributed by atoms with Crippen LogP contribution >= 0.6 is 0 Å². The van der Waals surface area contributed by atoms with Gasteiger partial charge in [0.1, 0.15) is 0 Å². The maximum absolute atomic E-state index is 3.82. The Morgan fingerprint density at radius 2 is 1.19 bits per heavy atom. The van der Waals surface area contributed by atoms with E-state index in [0.717, 1.165) is 24.9 Å². The predicted octanol–water partition coefficient (Wildman–Crippen LogP) is 13.4. The van der Waals surface area contributed by atoms with E-state index in [1.807, 2.05) is 0 Å². The maximum atomic E-state index is 3.82. The molecule has 53 heavy (non-hydrogen) atoms. The lowest BCUT2D eigenvalue weighted by molar-refractivity contribution is 0.523. The first-order valence-corrected chi connectivity index (χ1v) is 19.3. The summed E-state index contributed by atoms with van der Waals surface area (Å²) in [5.41, 5.74) is 17.0. The van der Waals surface area contributed by atoms with E-state index < -0.39 is 0 Å². The third kappa shape index (κ3) is 4.16. The van der Waals surface area contributed by atoms with Gasteiger partial charge in [-0.1, -0.05) is 153 Å². The highest BCUT2D eigenvalue weighted by Gasteiger charge is 2.57. The summed E-state index contributed by atoms with van der Waals surface area (Å²) in [7, 11) is 0. The summed E-state index contributed by atoms with van der Waals surface area (Å²) in [4.78, 5) is 2.60. The molecule has 3 aliphatic carbocycles. The standard InChI is InChI=1S/C52H39N/c1-3-37(27-25-33(2)40-19-10-16-35-14-6-7-17-41(35)40)53(38-28-26-34-13-4-5-15-36(34)31-38)39-29-30-43-45-21-12-23-47-46-22-11-20-44-42-18-8-9-24-48(42)52(50(44)46,51(45)47)49(43)32-39/h4-24,26,28,31-33,37H,3,25,27H2,1-2H3. The number of hydrogen-bond donors (Lipinski definition) is 0. The molecule has 252 valence electrons. The Morgan fingerprint density at radius 3 is 2.02 bits per heavy atom. The van der Waals surface area contributed by atoms with E-state index in [-0.39, 0.29) is 11.5 Å². The van der Waals surface area contributed by atoms with Crippen molar-refractivity contribution in [3.05, 3.63) is 192 Å². The first kappa shape index (κ1) is 30.5. The minimum Gasteiger partial charge on any atom is -0.331 e. The summed E-state index contributed by atoms with van der Waals surface area (Å²) < 4.78 is 0. The Labute approximate surface area is 312 Å². The maximum Gasteiger partial charge on any atom is 0.0933 e. The molecule has 1 heteroatoms. The molecule has 0 aromatic heterocycles. The minimum atomic E-state index is -0.343. The van der Waals surface area contributed by atoms with Crippen LogP contribution in [0, 0.1) is 12.1 Å². The van der Waals surface area contributed by atoms with Crippen LogP contribution in [0.15, 0.2) is 152 Å². The molecule has 0 amide bonds. The Hall–Kier alpha value is -6.10. The van der Waals surface area contributed by atoms with Gasteiger partial charge in [-0.3, -0.25) is 0 Å². The van der Waals surface area contributed by atoms with Crippen molar-refractivity contribution in [2.45, 2.75) is 50.5 Å². The third-order valence-corrected chi connectivity index (χ3v) is 12.7. The molecule has 0 bridgehead atoms. The van der Waals surface area contributed by atoms with Crippen LogP contribution in [-0.2, 0) is 5.41 Å². The Bertz CT molecular complexity index is 2730. The second-order valence-electron chi connectivity index (χ2n) is 15.3. The van der Waals surface area contributed by atoms with Crippen molar-refractivity contribution >= 4 is 32.9 Å². The summed E-state index contributed by atoms with van der Waals surface area (Å²) in [6.07, 6.45) is 3.17. The third-order valence-electron chi connectivity index (χ3n) is 12.7. The van der Waals surface area contributed by atoms with Gasteiger partial charge in [-0.05, 0) is 127 Å². The zero-order valence-electron chi connectivity index (χ0n) is 30.2. The molecule has 1 spiro atoms. The SMILES string of the molecule is CCC(CCC(C)c1cccc2ccccc12)N(c1c#cc2c(c1)C13c4ccccc4-c4cccc(c41)-c1cccc-2c13)c1ccc2ccccc2c1. The second kappa shape index (κ2) is 11.4. The van der Waals surface area contributed by atoms with Crippen molar-refractivity contribution in [3.63, 3.8) is 0 Å². The van der Waals surface area contributed by atoms with Gasteiger partial charge in [-0.15, -0.1) is 0 Å². The van der Waals surface area contributed by atoms with Crippen LogP contribution in [0.3, 0.4) is 0 Å². The molecule has 11 rings (SSSR count). The fourth-order valence-corrected chi connectivity index (χ4v) is 10.4. The lowest BCUT2D eigenvalue weighted by atomic mass is 9.73. The largest absolute Gasteiger partial charge is 0.331 e. The average Bonchev–Trinajstić information content (AvgIpc) is 3.81. The second-order valence-corrected chi connectivity index (χ2v) is 15.3. The highest BCUT2D eigenvalue weighted by Crippen LogP contribution is 2.69. The van der Waals surface area contributed by atoms with Gasteiger partial charge in [0.25, 0.3) is 0 Å². The van der Waals surface area contributed by atoms with Gasteiger partial charge in [0.15, 0.2) is 0 Å². The number of rotatable bonds is 8. The number of nitrogens with zero attached hydrogens (tertiary/aromatic N) is 1. The smallest absolute Gasteiger partial charge is 0.0933 e. The molecule has 0 N–H and O–H groups in total. The van der Waals surface area contributed by atoms with Crippen LogP contribution in [-0.4, -0.2) is 6.04 Å². The first-order chi connectivity index (χ1) is 26.2. The summed E-state index contributed by atoms with van der Waals surface area (Å²) in [5.74, 6) is 0.430. The molecule has 0 fully saturated rings. The molecule has 1 nitrogen and oxygen atoms in total. The van der Waals surface area contributed by atoms with Crippen LogP contribution < -0.4 is 4.90 Å². The summed E-state index contributed by atoms with van der Waals surface area (Å²) in [6, 6.07) is 64.6. The summed E-state index contributed by atoms with van der Waals surface area (Å²) >= 11 is 0. The highest BCUT2D eigenvalue weighted by atomic mass is 15.2. The van der Waals surface area contributed by atoms with Crippen LogP contribution in [0.2, 0.25) is 0 Å². The molecular weight excluding hydrogens is 639 g/mol. The molecule has 0 saturated heterocycles. The van der Waals surface area contributed by atoms with Gasteiger partial charge in [0, 0.05) is 17.3 Å². The predicted molar refractivity (Wildman–Crippen MR) is 221 cm³/mol. The van der Waals surface area contributed by atoms with Gasteiger partial charge >= 0.3 is 0 Å². The molecule has 0 radical (unpaired) electrons. The molecule has 8 aromatic carbocycles. The average molecular weight is 678 g/mol. The van der Waals surface area contributed by atoms with Crippen molar-refractivity contribution in [1.82, 2.24) is 0 Å². The fourth-order valence-electron chi connectivity index (χ4n) is 10.4. The van der Waals surface area contributed by atoms with E-state index >= 15 is 0 Å². The van der Waals surface area contributed by atoms with Crippen molar-refractivity contribution < 1.29 is 0 Å². The molecular formula is C52H39N. The number of hydrogen-bond acceptors (Lipinski definition) is 1. The lowest BCUT2D eigenvalue weighted by Gasteiger charge is -2.34. The van der Waals surface area contributed by atoms with Gasteiger partial charge in [0.05, 0.1) is 11.1 Å². The van der Waals surface area contributed by atoms with Crippen molar-refractivity contribution in [2.24, 2.45) is 0 Å². The highest BCUT2D eigenvalue weighted by molar-refractivity contribution is 6.06. The van der Waals surface area contributed by atoms with E-state index in [2.05, 4.69) is 183 Å². The van der Waals surface area contributed by atoms with Gasteiger partial charge in [-0.25, -0.2) is 0 Å². The Kier molecular flexibility index (Phi) is 6.59. The monoisotopic (exact) mass is 677 g/mol. The quantitative estimate of drug-likeness (QED) is 0.155. The van der Waals surface area contributed by atoms with Crippen molar-refractivity contribution in [2.75, 3.05) is 4.90 Å². The van der Waals surface area contributed by atoms with Crippen LogP contribution in [0.1, 0.15) is 66.8 Å². The van der Waals surface area contributed by atoms with E-state index in [9.17, 15) is 0 Å². The molecule has 0 aliphatic heterocycles. The normalized spacial score (nSPS) is 16.5. The zero-order valence-corrected chi connectivity index (χ0v) is 30.2. The topological polar surface area (TPSA) is 3.24 Å². The lowest BCUT2D eigenvalue weighted by Crippen LogP contribution is -2.31. The Morgan fingerprint density at radius 1 is 0.547 bits per heavy atom. The molecule has 0 heterocycles. The fraction of sp³-hybridized carbons (Fsp3) is 0.154. The number of fused-ring (bicyclic) bond motifs is 7. The number of benzene rings is 7. The molecule has 3 aliphatic rings. The van der Waals surface area contributed by atoms with E-state index in [1.54, 1.807) is 0 Å². The first-order valence-electron chi connectivity index (χ1n) is 19.3. The zero-order chi connectivity index (χ0) is 35.3. The van der Waals surface area contributed by atoms with E-state index in [4.69, 9.17) is 0 Å². The van der Waals surface area contributed by atoms with E-state index in [1.165, 1.54) is 88.4 Å². The van der Waals surface area contributed by atoms with Crippen LogP contribution in [0.4, 0.5) is 11.4 Å². The van der Waals surface area contributed by atoms with Crippen LogP contribution in [0.5, 0.6) is 0 Å². The minimum absolute atomic E-state index is 0.274. The van der Waals surface area contributed by atoms with Crippen LogP contribution in [0.25, 0.3) is 54.9 Å². The summed E-state index contributed by atoms with van der Waals surface area (Å²) in [5, 5.41) is 5.21. The molecule has 8 aromatic rings. The van der Waals surface area contributed by atoms with Crippen molar-refractivity contribution in [3.8, 4) is 33.4 Å². The summed E-state index contributed by atoms with van der Waals surface area (Å²) in [6.45, 7) is 4.76. The number of anilines is 2. The van der Waals surface area contributed by atoms with Crippen molar-refractivity contribution in [1.29, 1.82) is 0 Å². The van der Waals surface area contributed by atoms with Gasteiger partial charge in [-0.2, -0.15) is 0 Å². The molecule has 3 atom stereocenters. The Balaban J connectivity index is 1.08. The molecule has 3 unspecified atom stereocenters. The van der Waals surface area contributed by atoms with Gasteiger partial charge < -0.3 is 4.90 Å². The van der Waals surface area contributed by atoms with Gasteiger partial charge in [0.2, 0.25) is 0 Å². The van der Waals surface area contributed by atoms with E-state index in [0.29, 0.717) is 5.92 Å².